The first-order valence-electron chi connectivity index (χ1n) is 11.5. The number of ketones is 1. The highest BCUT2D eigenvalue weighted by molar-refractivity contribution is 6.32. The van der Waals surface area contributed by atoms with Crippen LogP contribution in [0.2, 0.25) is 5.02 Å². The first-order valence-corrected chi connectivity index (χ1v) is 11.9. The number of carbonyl (C=O) groups is 3. The lowest BCUT2D eigenvalue weighted by Gasteiger charge is -2.29. The molecule has 0 saturated heterocycles. The molecular formula is C28H20ClFN2O6. The molecule has 1 aliphatic heterocycles. The first-order chi connectivity index (χ1) is 18.4. The second-order valence-corrected chi connectivity index (χ2v) is 8.73. The zero-order valence-corrected chi connectivity index (χ0v) is 20.5. The van der Waals surface area contributed by atoms with Gasteiger partial charge in [0.05, 0.1) is 17.3 Å². The van der Waals surface area contributed by atoms with Crippen molar-refractivity contribution >= 4 is 40.6 Å². The number of hydrogen-bond acceptors (Lipinski definition) is 6. The number of hydrogen-bond donors (Lipinski definition) is 1. The van der Waals surface area contributed by atoms with Gasteiger partial charge in [-0.15, -0.1) is 0 Å². The van der Waals surface area contributed by atoms with Crippen LogP contribution in [0.15, 0.2) is 83.3 Å². The summed E-state index contributed by atoms with van der Waals surface area (Å²) in [5.41, 5.74) is 1.11. The van der Waals surface area contributed by atoms with Gasteiger partial charge in [0, 0.05) is 11.3 Å². The number of nitrogens with zero attached hydrogens (tertiary/aromatic N) is 1. The van der Waals surface area contributed by atoms with Crippen LogP contribution < -0.4 is 19.7 Å². The average Bonchev–Trinajstić information content (AvgIpc) is 3.39. The standard InChI is InChI=1S/C28H20ClFN2O6/c29-21-3-1-2-4-24(21)36-15-23(33)17-5-11-25-22(13-17)32(27(34)16-37-25)14-20-10-12-26(38-20)28(35)31-19-8-6-18(30)7-9-19/h1-13H,14-16H2,(H,31,35). The number of halogens is 2. The fourth-order valence-corrected chi connectivity index (χ4v) is 3.99. The molecule has 0 atom stereocenters. The first kappa shape index (κ1) is 25.0. The molecule has 0 unspecified atom stereocenters. The summed E-state index contributed by atoms with van der Waals surface area (Å²) in [5, 5.41) is 3.01. The molecule has 2 heterocycles. The van der Waals surface area contributed by atoms with Crippen molar-refractivity contribution in [1.29, 1.82) is 0 Å². The van der Waals surface area contributed by atoms with E-state index in [2.05, 4.69) is 5.32 Å². The van der Waals surface area contributed by atoms with Crippen LogP contribution in [0.5, 0.6) is 11.5 Å². The van der Waals surface area contributed by atoms with E-state index in [-0.39, 0.29) is 37.2 Å². The van der Waals surface area contributed by atoms with Crippen molar-refractivity contribution in [1.82, 2.24) is 0 Å². The topological polar surface area (TPSA) is 98.1 Å². The number of para-hydroxylation sites is 1. The summed E-state index contributed by atoms with van der Waals surface area (Å²) >= 11 is 6.08. The smallest absolute Gasteiger partial charge is 0.291 e. The second-order valence-electron chi connectivity index (χ2n) is 8.32. The normalized spacial score (nSPS) is 12.5. The van der Waals surface area contributed by atoms with Gasteiger partial charge in [-0.25, -0.2) is 4.39 Å². The fraction of sp³-hybridized carbons (Fsp3) is 0.107. The van der Waals surface area contributed by atoms with Crippen LogP contribution in [0.3, 0.4) is 0 Å². The van der Waals surface area contributed by atoms with Crippen molar-refractivity contribution in [3.8, 4) is 11.5 Å². The Morgan fingerprint density at radius 3 is 2.61 bits per heavy atom. The van der Waals surface area contributed by atoms with Crippen LogP contribution >= 0.6 is 11.6 Å². The summed E-state index contributed by atoms with van der Waals surface area (Å²) in [4.78, 5) is 39.5. The van der Waals surface area contributed by atoms with E-state index in [0.29, 0.717) is 39.2 Å². The molecule has 0 spiro atoms. The van der Waals surface area contributed by atoms with E-state index >= 15 is 0 Å². The van der Waals surface area contributed by atoms with E-state index in [1.54, 1.807) is 48.5 Å². The van der Waals surface area contributed by atoms with Crippen LogP contribution in [-0.4, -0.2) is 30.8 Å². The zero-order valence-electron chi connectivity index (χ0n) is 19.8. The molecule has 192 valence electrons. The molecule has 1 aliphatic rings. The quantitative estimate of drug-likeness (QED) is 0.299. The highest BCUT2D eigenvalue weighted by Gasteiger charge is 2.28. The van der Waals surface area contributed by atoms with E-state index in [4.69, 9.17) is 25.5 Å². The van der Waals surface area contributed by atoms with E-state index < -0.39 is 11.7 Å². The van der Waals surface area contributed by atoms with Gasteiger partial charge in [-0.1, -0.05) is 23.7 Å². The van der Waals surface area contributed by atoms with Gasteiger partial charge in [0.2, 0.25) is 0 Å². The fourth-order valence-electron chi connectivity index (χ4n) is 3.80. The molecule has 0 bridgehead atoms. The average molecular weight is 535 g/mol. The van der Waals surface area contributed by atoms with Gasteiger partial charge in [-0.05, 0) is 66.7 Å². The zero-order chi connectivity index (χ0) is 26.6. The van der Waals surface area contributed by atoms with Crippen molar-refractivity contribution in [3.05, 3.63) is 107 Å². The van der Waals surface area contributed by atoms with Gasteiger partial charge in [0.25, 0.3) is 11.8 Å². The largest absolute Gasteiger partial charge is 0.484 e. The molecule has 38 heavy (non-hydrogen) atoms. The van der Waals surface area contributed by atoms with Crippen LogP contribution in [0.25, 0.3) is 0 Å². The Hall–Kier alpha value is -4.63. The number of anilines is 2. The SMILES string of the molecule is O=C(COc1ccccc1Cl)c1ccc2c(c1)N(Cc1ccc(C(=O)Nc3ccc(F)cc3)o1)C(=O)CO2. The van der Waals surface area contributed by atoms with Gasteiger partial charge in [0.15, 0.2) is 24.8 Å². The molecule has 4 aromatic rings. The number of benzene rings is 3. The lowest BCUT2D eigenvalue weighted by molar-refractivity contribution is -0.121. The van der Waals surface area contributed by atoms with Gasteiger partial charge in [0.1, 0.15) is 23.1 Å². The molecule has 5 rings (SSSR count). The Morgan fingerprint density at radius 1 is 1.03 bits per heavy atom. The summed E-state index contributed by atoms with van der Waals surface area (Å²) in [6.45, 7) is -0.427. The monoisotopic (exact) mass is 534 g/mol. The predicted octanol–water partition coefficient (Wildman–Crippen LogP) is 5.51. The number of carbonyl (C=O) groups excluding carboxylic acids is 3. The van der Waals surface area contributed by atoms with Crippen LogP contribution in [0, 0.1) is 5.82 Å². The molecule has 2 amide bonds. The highest BCUT2D eigenvalue weighted by atomic mass is 35.5. The number of amides is 2. The van der Waals surface area contributed by atoms with Crippen LogP contribution in [-0.2, 0) is 11.3 Å². The molecule has 8 nitrogen and oxygen atoms in total. The third-order valence-electron chi connectivity index (χ3n) is 5.72. The Labute approximate surface area is 221 Å². The Bertz CT molecular complexity index is 1520. The summed E-state index contributed by atoms with van der Waals surface area (Å²) in [6, 6.07) is 20.0. The van der Waals surface area contributed by atoms with Gasteiger partial charge in [-0.2, -0.15) is 0 Å². The number of furan rings is 1. The highest BCUT2D eigenvalue weighted by Crippen LogP contribution is 2.34. The Morgan fingerprint density at radius 2 is 1.82 bits per heavy atom. The molecule has 0 aliphatic carbocycles. The third-order valence-corrected chi connectivity index (χ3v) is 6.03. The van der Waals surface area contributed by atoms with Crippen molar-refractivity contribution in [2.45, 2.75) is 6.54 Å². The van der Waals surface area contributed by atoms with E-state index in [0.717, 1.165) is 0 Å². The Balaban J connectivity index is 1.30. The maximum atomic E-state index is 13.1. The number of Topliss-reactive ketones (excluding diaryl/α,β-unsaturated/α-hetero) is 1. The lowest BCUT2D eigenvalue weighted by Crippen LogP contribution is -2.38. The second kappa shape index (κ2) is 10.8. The number of rotatable bonds is 8. The molecule has 0 radical (unpaired) electrons. The minimum absolute atomic E-state index is 0.00673. The van der Waals surface area contributed by atoms with Crippen molar-refractivity contribution in [2.75, 3.05) is 23.4 Å². The lowest BCUT2D eigenvalue weighted by atomic mass is 10.1. The summed E-state index contributed by atoms with van der Waals surface area (Å²) in [5.74, 6) is -0.432. The minimum atomic E-state index is -0.525. The van der Waals surface area contributed by atoms with Crippen molar-refractivity contribution < 1.29 is 32.7 Å². The number of nitrogens with one attached hydrogen (secondary N) is 1. The van der Waals surface area contributed by atoms with Gasteiger partial charge < -0.3 is 19.2 Å². The molecule has 3 aromatic carbocycles. The van der Waals surface area contributed by atoms with Gasteiger partial charge >= 0.3 is 0 Å². The van der Waals surface area contributed by atoms with Crippen molar-refractivity contribution in [3.63, 3.8) is 0 Å². The summed E-state index contributed by atoms with van der Waals surface area (Å²) in [7, 11) is 0. The minimum Gasteiger partial charge on any atom is -0.484 e. The molecular weight excluding hydrogens is 515 g/mol. The summed E-state index contributed by atoms with van der Waals surface area (Å²) < 4.78 is 29.8. The summed E-state index contributed by atoms with van der Waals surface area (Å²) in [6.07, 6.45) is 0. The molecule has 1 aromatic heterocycles. The third kappa shape index (κ3) is 5.52. The van der Waals surface area contributed by atoms with Crippen LogP contribution in [0.1, 0.15) is 26.7 Å². The number of ether oxygens (including phenoxy) is 2. The van der Waals surface area contributed by atoms with E-state index in [1.807, 2.05) is 0 Å². The van der Waals surface area contributed by atoms with E-state index in [9.17, 15) is 18.8 Å². The number of fused-ring (bicyclic) bond motifs is 1. The molecule has 10 heteroatoms. The molecule has 1 N–H and O–H groups in total. The molecule has 0 saturated carbocycles. The van der Waals surface area contributed by atoms with Gasteiger partial charge in [-0.3, -0.25) is 19.3 Å². The Kier molecular flexibility index (Phi) is 7.10. The van der Waals surface area contributed by atoms with Crippen molar-refractivity contribution in [2.24, 2.45) is 0 Å². The molecule has 0 fully saturated rings. The van der Waals surface area contributed by atoms with Crippen LogP contribution in [0.4, 0.5) is 15.8 Å². The predicted molar refractivity (Wildman–Crippen MR) is 137 cm³/mol. The maximum absolute atomic E-state index is 13.1. The van der Waals surface area contributed by atoms with E-state index in [1.165, 1.54) is 35.2 Å². The maximum Gasteiger partial charge on any atom is 0.291 e.